The van der Waals surface area contributed by atoms with Crippen LogP contribution in [0.1, 0.15) is 49.2 Å². The lowest BCUT2D eigenvalue weighted by Gasteiger charge is -2.37. The fraction of sp³-hybridized carbons (Fsp3) is 0.464. The van der Waals surface area contributed by atoms with Gasteiger partial charge in [-0.15, -0.1) is 0 Å². The molecule has 0 spiro atoms. The summed E-state index contributed by atoms with van der Waals surface area (Å²) in [5.41, 5.74) is 2.01. The Labute approximate surface area is 213 Å². The van der Waals surface area contributed by atoms with Crippen molar-refractivity contribution in [3.63, 3.8) is 0 Å². The van der Waals surface area contributed by atoms with Crippen LogP contribution in [-0.2, 0) is 6.42 Å². The van der Waals surface area contributed by atoms with Gasteiger partial charge >= 0.3 is 6.03 Å². The molecule has 3 amide bonds. The summed E-state index contributed by atoms with van der Waals surface area (Å²) in [7, 11) is 1.71. The summed E-state index contributed by atoms with van der Waals surface area (Å²) in [6.07, 6.45) is 1.78. The standard InChI is InChI=1S/C28H36N4O4/c1-19(2)30-28(35)31(5)17-25-20(3)16-32(21(4)18-33)27(34)24-14-23(15-29-26(24)36-25)13-9-12-22-10-7-6-8-11-22/h6-8,10-11,14-15,19-21,25,33H,12,16-18H2,1-5H3,(H,30,35)/t20-,21-,25+/m0/s1. The molecule has 0 saturated heterocycles. The van der Waals surface area contributed by atoms with E-state index in [2.05, 4.69) is 22.1 Å². The number of aliphatic hydroxyl groups excluding tert-OH is 1. The van der Waals surface area contributed by atoms with Crippen molar-refractivity contribution in [2.24, 2.45) is 5.92 Å². The van der Waals surface area contributed by atoms with Gasteiger partial charge < -0.3 is 25.0 Å². The van der Waals surface area contributed by atoms with Gasteiger partial charge in [-0.2, -0.15) is 0 Å². The molecule has 0 saturated carbocycles. The van der Waals surface area contributed by atoms with Crippen LogP contribution >= 0.6 is 0 Å². The van der Waals surface area contributed by atoms with E-state index in [9.17, 15) is 14.7 Å². The molecule has 0 radical (unpaired) electrons. The van der Waals surface area contributed by atoms with Crippen LogP contribution in [0.25, 0.3) is 0 Å². The van der Waals surface area contributed by atoms with Crippen molar-refractivity contribution >= 4 is 11.9 Å². The van der Waals surface area contributed by atoms with Gasteiger partial charge in [0, 0.05) is 43.7 Å². The van der Waals surface area contributed by atoms with E-state index >= 15 is 0 Å². The molecule has 1 aliphatic rings. The number of aromatic nitrogens is 1. The first-order valence-corrected chi connectivity index (χ1v) is 12.3. The Morgan fingerprint density at radius 2 is 2.03 bits per heavy atom. The first-order chi connectivity index (χ1) is 17.2. The van der Waals surface area contributed by atoms with E-state index in [0.29, 0.717) is 30.6 Å². The predicted molar refractivity (Wildman–Crippen MR) is 139 cm³/mol. The quantitative estimate of drug-likeness (QED) is 0.605. The summed E-state index contributed by atoms with van der Waals surface area (Å²) in [6, 6.07) is 11.1. The number of hydrogen-bond donors (Lipinski definition) is 2. The predicted octanol–water partition coefficient (Wildman–Crippen LogP) is 2.95. The van der Waals surface area contributed by atoms with Gasteiger partial charge in [-0.25, -0.2) is 9.78 Å². The summed E-state index contributed by atoms with van der Waals surface area (Å²) in [5, 5.41) is 12.7. The van der Waals surface area contributed by atoms with Crippen molar-refractivity contribution in [3.05, 3.63) is 59.3 Å². The maximum absolute atomic E-state index is 13.5. The molecule has 0 unspecified atom stereocenters. The van der Waals surface area contributed by atoms with Crippen molar-refractivity contribution in [1.82, 2.24) is 20.1 Å². The highest BCUT2D eigenvalue weighted by Gasteiger charge is 2.34. The first-order valence-electron chi connectivity index (χ1n) is 12.3. The zero-order valence-electron chi connectivity index (χ0n) is 21.7. The van der Waals surface area contributed by atoms with Crippen LogP contribution in [0.15, 0.2) is 42.6 Å². The van der Waals surface area contributed by atoms with Crippen molar-refractivity contribution < 1.29 is 19.4 Å². The molecule has 2 aromatic rings. The van der Waals surface area contributed by atoms with Gasteiger partial charge in [0.2, 0.25) is 5.88 Å². The third kappa shape index (κ3) is 6.98. The fourth-order valence-corrected chi connectivity index (χ4v) is 3.94. The topological polar surface area (TPSA) is 95.0 Å². The molecule has 1 aliphatic heterocycles. The van der Waals surface area contributed by atoms with Gasteiger partial charge in [-0.3, -0.25) is 4.79 Å². The van der Waals surface area contributed by atoms with E-state index in [-0.39, 0.29) is 42.4 Å². The number of rotatable bonds is 6. The van der Waals surface area contributed by atoms with Crippen LogP contribution in [0.4, 0.5) is 4.79 Å². The monoisotopic (exact) mass is 492 g/mol. The molecule has 0 aliphatic carbocycles. The molecule has 0 fully saturated rings. The number of carbonyl (C=O) groups is 2. The second kappa shape index (κ2) is 12.4. The summed E-state index contributed by atoms with van der Waals surface area (Å²) < 4.78 is 6.24. The lowest BCUT2D eigenvalue weighted by molar-refractivity contribution is 0.0351. The highest BCUT2D eigenvalue weighted by Crippen LogP contribution is 2.27. The Hall–Kier alpha value is -3.57. The highest BCUT2D eigenvalue weighted by atomic mass is 16.5. The van der Waals surface area contributed by atoms with Crippen LogP contribution in [0.5, 0.6) is 5.88 Å². The number of nitrogens with zero attached hydrogens (tertiary/aromatic N) is 3. The molecule has 3 atom stereocenters. The molecule has 3 rings (SSSR count). The van der Waals surface area contributed by atoms with Gasteiger partial charge in [0.05, 0.1) is 19.2 Å². The minimum Gasteiger partial charge on any atom is -0.472 e. The number of fused-ring (bicyclic) bond motifs is 1. The highest BCUT2D eigenvalue weighted by molar-refractivity contribution is 5.97. The summed E-state index contributed by atoms with van der Waals surface area (Å²) >= 11 is 0. The minimum atomic E-state index is -0.407. The molecule has 1 aromatic heterocycles. The van der Waals surface area contributed by atoms with Crippen LogP contribution in [0.3, 0.4) is 0 Å². The largest absolute Gasteiger partial charge is 0.472 e. The van der Waals surface area contributed by atoms with E-state index in [4.69, 9.17) is 4.74 Å². The normalized spacial score (nSPS) is 18.2. The lowest BCUT2D eigenvalue weighted by Crippen LogP contribution is -2.51. The molecule has 2 N–H and O–H groups in total. The molecule has 8 heteroatoms. The molecular formula is C28H36N4O4. The Morgan fingerprint density at radius 1 is 1.31 bits per heavy atom. The lowest BCUT2D eigenvalue weighted by atomic mass is 10.00. The van der Waals surface area contributed by atoms with Gasteiger partial charge in [0.15, 0.2) is 0 Å². The smallest absolute Gasteiger partial charge is 0.317 e. The van der Waals surface area contributed by atoms with Crippen molar-refractivity contribution in [1.29, 1.82) is 0 Å². The fourth-order valence-electron chi connectivity index (χ4n) is 3.94. The van der Waals surface area contributed by atoms with Crippen LogP contribution in [-0.4, -0.2) is 76.8 Å². The second-order valence-electron chi connectivity index (χ2n) is 9.65. The van der Waals surface area contributed by atoms with Crippen LogP contribution in [0, 0.1) is 17.8 Å². The number of benzene rings is 1. The molecule has 1 aromatic carbocycles. The number of aliphatic hydroxyl groups is 1. The number of nitrogens with one attached hydrogen (secondary N) is 1. The average Bonchev–Trinajstić information content (AvgIpc) is 2.86. The third-order valence-corrected chi connectivity index (χ3v) is 6.10. The summed E-state index contributed by atoms with van der Waals surface area (Å²) in [6.45, 7) is 8.10. The van der Waals surface area contributed by atoms with Crippen molar-refractivity contribution in [2.75, 3.05) is 26.7 Å². The number of urea groups is 1. The zero-order chi connectivity index (χ0) is 26.2. The average molecular weight is 493 g/mol. The van der Waals surface area contributed by atoms with Gasteiger partial charge in [0.25, 0.3) is 5.91 Å². The molecule has 36 heavy (non-hydrogen) atoms. The Bertz CT molecular complexity index is 1110. The summed E-state index contributed by atoms with van der Waals surface area (Å²) in [5.74, 6) is 6.06. The number of ether oxygens (including phenoxy) is 1. The molecule has 8 nitrogen and oxygen atoms in total. The molecular weight excluding hydrogens is 456 g/mol. The second-order valence-corrected chi connectivity index (χ2v) is 9.65. The molecule has 0 bridgehead atoms. The van der Waals surface area contributed by atoms with Gasteiger partial charge in [-0.05, 0) is 32.4 Å². The maximum atomic E-state index is 13.5. The summed E-state index contributed by atoms with van der Waals surface area (Å²) in [4.78, 5) is 33.7. The van der Waals surface area contributed by atoms with Crippen molar-refractivity contribution in [3.8, 4) is 17.7 Å². The van der Waals surface area contributed by atoms with E-state index < -0.39 is 6.10 Å². The maximum Gasteiger partial charge on any atom is 0.317 e. The van der Waals surface area contributed by atoms with Crippen LogP contribution < -0.4 is 10.1 Å². The Kier molecular flexibility index (Phi) is 9.31. The number of hydrogen-bond acceptors (Lipinski definition) is 5. The molecule has 2 heterocycles. The van der Waals surface area contributed by atoms with Gasteiger partial charge in [0.1, 0.15) is 11.7 Å². The third-order valence-electron chi connectivity index (χ3n) is 6.10. The Balaban J connectivity index is 1.90. The van der Waals surface area contributed by atoms with E-state index in [1.165, 1.54) is 0 Å². The SMILES string of the molecule is CC(C)NC(=O)N(C)C[C@H]1Oc2ncc(C#CCc3ccccc3)cc2C(=O)N([C@@H](C)CO)C[C@@H]1C. The first kappa shape index (κ1) is 27.0. The minimum absolute atomic E-state index is 0.0120. The number of pyridine rings is 1. The number of likely N-dealkylation sites (N-methyl/N-ethyl adjacent to an activating group) is 1. The molecule has 192 valence electrons. The van der Waals surface area contributed by atoms with Crippen LogP contribution in [0.2, 0.25) is 0 Å². The zero-order valence-corrected chi connectivity index (χ0v) is 21.7. The van der Waals surface area contributed by atoms with E-state index in [1.807, 2.05) is 51.1 Å². The van der Waals surface area contributed by atoms with E-state index in [0.717, 1.165) is 5.56 Å². The van der Waals surface area contributed by atoms with Gasteiger partial charge in [-0.1, -0.05) is 49.1 Å². The number of carbonyl (C=O) groups excluding carboxylic acids is 2. The van der Waals surface area contributed by atoms with E-state index in [1.54, 1.807) is 36.0 Å². The Morgan fingerprint density at radius 3 is 2.69 bits per heavy atom. The number of amides is 3. The van der Waals surface area contributed by atoms with Crippen molar-refractivity contribution in [2.45, 2.75) is 52.3 Å².